The zero-order chi connectivity index (χ0) is 19.3. The Balaban J connectivity index is 1.63. The Labute approximate surface area is 162 Å². The highest BCUT2D eigenvalue weighted by molar-refractivity contribution is 6.30. The Morgan fingerprint density at radius 3 is 2.30 bits per heavy atom. The molecule has 0 atom stereocenters. The molecule has 0 bridgehead atoms. The molecule has 1 aliphatic carbocycles. The van der Waals surface area contributed by atoms with Crippen molar-refractivity contribution < 1.29 is 14.3 Å². The molecule has 27 heavy (non-hydrogen) atoms. The monoisotopic (exact) mass is 382 g/mol. The number of nitriles is 1. The second-order valence-electron chi connectivity index (χ2n) is 6.61. The predicted octanol–water partition coefficient (Wildman–Crippen LogP) is 4.21. The molecule has 1 amide bonds. The third-order valence-corrected chi connectivity index (χ3v) is 5.13. The van der Waals surface area contributed by atoms with Gasteiger partial charge in [0.1, 0.15) is 0 Å². The summed E-state index contributed by atoms with van der Waals surface area (Å²) in [5.41, 5.74) is 1.22. The quantitative estimate of drug-likeness (QED) is 0.786. The van der Waals surface area contributed by atoms with Gasteiger partial charge in [0.25, 0.3) is 5.91 Å². The van der Waals surface area contributed by atoms with Gasteiger partial charge in [-0.25, -0.2) is 0 Å². The molecule has 6 heteroatoms. The van der Waals surface area contributed by atoms with Crippen molar-refractivity contribution >= 4 is 29.2 Å². The third-order valence-electron chi connectivity index (χ3n) is 4.88. The normalized spacial score (nSPS) is 15.0. The van der Waals surface area contributed by atoms with Crippen LogP contribution >= 0.6 is 11.6 Å². The maximum Gasteiger partial charge on any atom is 0.317 e. The molecule has 2 aromatic rings. The summed E-state index contributed by atoms with van der Waals surface area (Å²) in [6.07, 6.45) is 3.28. The maximum atomic E-state index is 12.8. The molecule has 1 N–H and O–H groups in total. The fourth-order valence-electron chi connectivity index (χ4n) is 3.45. The highest BCUT2D eigenvalue weighted by Gasteiger charge is 2.44. The third kappa shape index (κ3) is 4.29. The smallest absolute Gasteiger partial charge is 0.317 e. The molecule has 0 saturated heterocycles. The van der Waals surface area contributed by atoms with E-state index in [2.05, 4.69) is 5.32 Å². The minimum Gasteiger partial charge on any atom is -0.455 e. The van der Waals surface area contributed by atoms with E-state index in [-0.39, 0.29) is 12.6 Å². The number of hydrogen-bond donors (Lipinski definition) is 1. The van der Waals surface area contributed by atoms with E-state index in [9.17, 15) is 9.59 Å². The standard InChI is InChI=1S/C21H19ClN2O3/c22-17-7-5-16(6-8-17)21(11-1-2-12-21)20(26)27-14-19(25)24-18-9-3-15(13-23)4-10-18/h3-10H,1-2,11-12,14H2,(H,24,25). The molecule has 0 unspecified atom stereocenters. The van der Waals surface area contributed by atoms with Crippen LogP contribution < -0.4 is 5.32 Å². The predicted molar refractivity (Wildman–Crippen MR) is 102 cm³/mol. The van der Waals surface area contributed by atoms with Crippen molar-refractivity contribution in [2.75, 3.05) is 11.9 Å². The Morgan fingerprint density at radius 2 is 1.70 bits per heavy atom. The summed E-state index contributed by atoms with van der Waals surface area (Å²) in [7, 11) is 0. The first kappa shape index (κ1) is 18.9. The first-order valence-electron chi connectivity index (χ1n) is 8.77. The van der Waals surface area contributed by atoms with Gasteiger partial charge >= 0.3 is 5.97 Å². The Hall–Kier alpha value is -2.84. The summed E-state index contributed by atoms with van der Waals surface area (Å²) in [6, 6.07) is 15.7. The van der Waals surface area contributed by atoms with Crippen LogP contribution in [0, 0.1) is 11.3 Å². The van der Waals surface area contributed by atoms with Crippen LogP contribution in [0.2, 0.25) is 5.02 Å². The van der Waals surface area contributed by atoms with Gasteiger partial charge in [-0.05, 0) is 54.8 Å². The van der Waals surface area contributed by atoms with Crippen molar-refractivity contribution in [3.63, 3.8) is 0 Å². The van der Waals surface area contributed by atoms with E-state index in [0.717, 1.165) is 18.4 Å². The highest BCUT2D eigenvalue weighted by Crippen LogP contribution is 2.42. The van der Waals surface area contributed by atoms with E-state index in [0.29, 0.717) is 29.1 Å². The van der Waals surface area contributed by atoms with Gasteiger partial charge in [0.05, 0.1) is 17.0 Å². The largest absolute Gasteiger partial charge is 0.455 e. The average molecular weight is 383 g/mol. The lowest BCUT2D eigenvalue weighted by molar-refractivity contribution is -0.153. The number of amides is 1. The van der Waals surface area contributed by atoms with Crippen molar-refractivity contribution in [2.24, 2.45) is 0 Å². The number of halogens is 1. The number of hydrogen-bond acceptors (Lipinski definition) is 4. The van der Waals surface area contributed by atoms with Gasteiger partial charge in [-0.3, -0.25) is 9.59 Å². The molecular weight excluding hydrogens is 364 g/mol. The molecule has 2 aromatic carbocycles. The molecule has 0 aromatic heterocycles. The van der Waals surface area contributed by atoms with Crippen molar-refractivity contribution in [2.45, 2.75) is 31.1 Å². The number of carbonyl (C=O) groups excluding carboxylic acids is 2. The van der Waals surface area contributed by atoms with Gasteiger partial charge in [0.2, 0.25) is 0 Å². The molecule has 138 valence electrons. The number of nitrogens with zero attached hydrogens (tertiary/aromatic N) is 1. The molecule has 0 aliphatic heterocycles. The van der Waals surface area contributed by atoms with Gasteiger partial charge in [0, 0.05) is 10.7 Å². The first-order valence-corrected chi connectivity index (χ1v) is 9.14. The van der Waals surface area contributed by atoms with Crippen molar-refractivity contribution in [1.29, 1.82) is 5.26 Å². The van der Waals surface area contributed by atoms with Crippen LogP contribution in [0.25, 0.3) is 0 Å². The second kappa shape index (κ2) is 8.24. The molecule has 5 nitrogen and oxygen atoms in total. The van der Waals surface area contributed by atoms with Gasteiger partial charge in [0.15, 0.2) is 6.61 Å². The number of nitrogens with one attached hydrogen (secondary N) is 1. The minimum atomic E-state index is -0.709. The molecule has 0 heterocycles. The topological polar surface area (TPSA) is 79.2 Å². The molecule has 1 fully saturated rings. The first-order chi connectivity index (χ1) is 13.0. The molecule has 0 spiro atoms. The lowest BCUT2D eigenvalue weighted by Crippen LogP contribution is -2.36. The van der Waals surface area contributed by atoms with Crippen LogP contribution in [-0.4, -0.2) is 18.5 Å². The van der Waals surface area contributed by atoms with Crippen molar-refractivity contribution in [3.8, 4) is 6.07 Å². The van der Waals surface area contributed by atoms with Gasteiger partial charge in [-0.2, -0.15) is 5.26 Å². The van der Waals surface area contributed by atoms with E-state index in [1.165, 1.54) is 0 Å². The summed E-state index contributed by atoms with van der Waals surface area (Å²) in [5, 5.41) is 12.1. The lowest BCUT2D eigenvalue weighted by Gasteiger charge is -2.27. The Morgan fingerprint density at radius 1 is 1.07 bits per heavy atom. The summed E-state index contributed by atoms with van der Waals surface area (Å²) in [4.78, 5) is 24.9. The average Bonchev–Trinajstić information content (AvgIpc) is 3.18. The summed E-state index contributed by atoms with van der Waals surface area (Å²) >= 11 is 5.96. The summed E-state index contributed by atoms with van der Waals surface area (Å²) < 4.78 is 5.36. The lowest BCUT2D eigenvalue weighted by atomic mass is 9.79. The number of carbonyl (C=O) groups is 2. The Bertz CT molecular complexity index is 864. The fourth-order valence-corrected chi connectivity index (χ4v) is 3.58. The number of esters is 1. The fraction of sp³-hybridized carbons (Fsp3) is 0.286. The summed E-state index contributed by atoms with van der Waals surface area (Å²) in [5.74, 6) is -0.797. The molecule has 1 aliphatic rings. The summed E-state index contributed by atoms with van der Waals surface area (Å²) in [6.45, 7) is -0.353. The number of rotatable bonds is 5. The van der Waals surface area contributed by atoms with E-state index in [1.54, 1.807) is 36.4 Å². The zero-order valence-electron chi connectivity index (χ0n) is 14.7. The second-order valence-corrected chi connectivity index (χ2v) is 7.05. The maximum absolute atomic E-state index is 12.8. The van der Waals surface area contributed by atoms with Gasteiger partial charge in [-0.1, -0.05) is 36.6 Å². The number of anilines is 1. The highest BCUT2D eigenvalue weighted by atomic mass is 35.5. The molecule has 1 saturated carbocycles. The van der Waals surface area contributed by atoms with E-state index in [1.807, 2.05) is 18.2 Å². The number of benzene rings is 2. The van der Waals surface area contributed by atoms with Crippen LogP contribution in [-0.2, 0) is 19.7 Å². The molecule has 0 radical (unpaired) electrons. The molecular formula is C21H19ClN2O3. The van der Waals surface area contributed by atoms with Crippen LogP contribution in [0.1, 0.15) is 36.8 Å². The van der Waals surface area contributed by atoms with Gasteiger partial charge < -0.3 is 10.1 Å². The Kier molecular flexibility index (Phi) is 5.78. The van der Waals surface area contributed by atoms with Gasteiger partial charge in [-0.15, -0.1) is 0 Å². The van der Waals surface area contributed by atoms with Crippen LogP contribution in [0.4, 0.5) is 5.69 Å². The van der Waals surface area contributed by atoms with Crippen LogP contribution in [0.3, 0.4) is 0 Å². The zero-order valence-corrected chi connectivity index (χ0v) is 15.5. The molecule has 3 rings (SSSR count). The van der Waals surface area contributed by atoms with Crippen molar-refractivity contribution in [1.82, 2.24) is 0 Å². The number of ether oxygens (including phenoxy) is 1. The van der Waals surface area contributed by atoms with Crippen LogP contribution in [0.15, 0.2) is 48.5 Å². The van der Waals surface area contributed by atoms with E-state index < -0.39 is 11.3 Å². The van der Waals surface area contributed by atoms with E-state index >= 15 is 0 Å². The minimum absolute atomic E-state index is 0.353. The van der Waals surface area contributed by atoms with Crippen LogP contribution in [0.5, 0.6) is 0 Å². The SMILES string of the molecule is N#Cc1ccc(NC(=O)COC(=O)C2(c3ccc(Cl)cc3)CCCC2)cc1. The van der Waals surface area contributed by atoms with Crippen molar-refractivity contribution in [3.05, 3.63) is 64.7 Å². The van der Waals surface area contributed by atoms with E-state index in [4.69, 9.17) is 21.6 Å².